The minimum absolute atomic E-state index is 0.473. The predicted octanol–water partition coefficient (Wildman–Crippen LogP) is 14.0. The molecule has 0 fully saturated rings. The van der Waals surface area contributed by atoms with E-state index in [1.807, 2.05) is 0 Å². The molecule has 0 atom stereocenters. The zero-order valence-corrected chi connectivity index (χ0v) is 34.8. The minimum Gasteiger partial charge on any atom is -0.355 e. The van der Waals surface area contributed by atoms with Gasteiger partial charge < -0.3 is 10.2 Å². The molecule has 2 heterocycles. The lowest BCUT2D eigenvalue weighted by Gasteiger charge is -2.48. The second kappa shape index (κ2) is 13.8. The maximum absolute atomic E-state index is 3.92. The summed E-state index contributed by atoms with van der Waals surface area (Å²) < 4.78 is 0. The third-order valence-electron chi connectivity index (χ3n) is 13.8. The second-order valence-corrected chi connectivity index (χ2v) is 17.2. The van der Waals surface area contributed by atoms with Crippen molar-refractivity contribution >= 4 is 57.4 Å². The Kier molecular flexibility index (Phi) is 7.86. The fourth-order valence-corrected chi connectivity index (χ4v) is 11.1. The second-order valence-electron chi connectivity index (χ2n) is 17.2. The maximum atomic E-state index is 3.92. The minimum atomic E-state index is -0.473. The van der Waals surface area contributed by atoms with Crippen LogP contribution in [0.3, 0.4) is 0 Å². The Morgan fingerprint density at radius 3 is 1.76 bits per heavy atom. The quantitative estimate of drug-likeness (QED) is 0.175. The number of fused-ring (bicyclic) bond motifs is 12. The molecule has 0 bridgehead atoms. The number of anilines is 5. The van der Waals surface area contributed by atoms with Crippen LogP contribution in [0.5, 0.6) is 0 Å². The number of para-hydroxylation sites is 2. The van der Waals surface area contributed by atoms with Crippen LogP contribution in [0.25, 0.3) is 55.3 Å². The average molecular weight is 800 g/mol. The smallest absolute Gasteiger partial charge is 0.197 e. The third kappa shape index (κ3) is 5.27. The van der Waals surface area contributed by atoms with E-state index in [9.17, 15) is 0 Å². The van der Waals surface area contributed by atoms with Crippen LogP contribution < -0.4 is 21.1 Å². The largest absolute Gasteiger partial charge is 0.355 e. The number of hydrogen-bond acceptors (Lipinski definition) is 2. The molecular weight excluding hydrogens is 759 g/mol. The lowest BCUT2D eigenvalue weighted by Crippen LogP contribution is -2.47. The van der Waals surface area contributed by atoms with Crippen molar-refractivity contribution in [3.05, 3.63) is 246 Å². The van der Waals surface area contributed by atoms with Crippen molar-refractivity contribution in [1.29, 1.82) is 0 Å². The van der Waals surface area contributed by atoms with Gasteiger partial charge in [-0.3, -0.25) is 0 Å². The summed E-state index contributed by atoms with van der Waals surface area (Å²) in [5, 5.41) is 6.32. The summed E-state index contributed by atoms with van der Waals surface area (Å²) in [6.07, 6.45) is 0. The highest BCUT2D eigenvalue weighted by Gasteiger charge is 2.52. The van der Waals surface area contributed by atoms with E-state index in [1.165, 1.54) is 106 Å². The van der Waals surface area contributed by atoms with Gasteiger partial charge in [0, 0.05) is 28.3 Å². The van der Waals surface area contributed by atoms with Crippen molar-refractivity contribution < 1.29 is 0 Å². The van der Waals surface area contributed by atoms with Gasteiger partial charge in [0.2, 0.25) is 0 Å². The van der Waals surface area contributed by atoms with E-state index >= 15 is 0 Å². The Hall–Kier alpha value is -7.88. The molecule has 1 radical (unpaired) electrons. The van der Waals surface area contributed by atoms with Crippen LogP contribution >= 0.6 is 0 Å². The van der Waals surface area contributed by atoms with Gasteiger partial charge in [-0.05, 0) is 132 Å². The Bertz CT molecular complexity index is 3430. The van der Waals surface area contributed by atoms with Crippen molar-refractivity contribution in [2.75, 3.05) is 10.2 Å². The number of hydrogen-bond donors (Lipinski definition) is 1. The van der Waals surface area contributed by atoms with Gasteiger partial charge in [0.15, 0.2) is 7.28 Å². The molecule has 2 aliphatic heterocycles. The lowest BCUT2D eigenvalue weighted by molar-refractivity contribution is 0.754. The van der Waals surface area contributed by atoms with Crippen LogP contribution in [0.4, 0.5) is 28.4 Å². The highest BCUT2D eigenvalue weighted by atomic mass is 15.2. The zero-order chi connectivity index (χ0) is 41.6. The van der Waals surface area contributed by atoms with Crippen molar-refractivity contribution in [3.8, 4) is 44.5 Å². The van der Waals surface area contributed by atoms with Crippen molar-refractivity contribution in [1.82, 2.24) is 0 Å². The van der Waals surface area contributed by atoms with Gasteiger partial charge in [-0.15, -0.1) is 0 Å². The van der Waals surface area contributed by atoms with Crippen LogP contribution in [0.2, 0.25) is 0 Å². The molecule has 2 nitrogen and oxygen atoms in total. The Morgan fingerprint density at radius 1 is 0.413 bits per heavy atom. The first-order valence-corrected chi connectivity index (χ1v) is 21.9. The molecule has 0 aromatic heterocycles. The first-order chi connectivity index (χ1) is 31.1. The summed E-state index contributed by atoms with van der Waals surface area (Å²) in [6.45, 7) is 2.23. The molecule has 3 heteroatoms. The van der Waals surface area contributed by atoms with Crippen LogP contribution in [0, 0.1) is 6.92 Å². The zero-order valence-electron chi connectivity index (χ0n) is 34.8. The Morgan fingerprint density at radius 2 is 1.02 bits per heavy atom. The van der Waals surface area contributed by atoms with E-state index in [0.29, 0.717) is 0 Å². The van der Waals surface area contributed by atoms with Crippen LogP contribution in [-0.4, -0.2) is 7.28 Å². The summed E-state index contributed by atoms with van der Waals surface area (Å²) in [7, 11) is 2.46. The summed E-state index contributed by atoms with van der Waals surface area (Å²) in [5.41, 5.74) is 24.0. The normalized spacial score (nSPS) is 13.4. The molecule has 0 unspecified atom stereocenters. The molecule has 10 aromatic carbocycles. The van der Waals surface area contributed by atoms with Gasteiger partial charge in [0.1, 0.15) is 0 Å². The van der Waals surface area contributed by atoms with E-state index in [1.54, 1.807) is 0 Å². The van der Waals surface area contributed by atoms with Crippen LogP contribution in [0.15, 0.2) is 218 Å². The number of nitrogens with one attached hydrogen (secondary N) is 1. The Balaban J connectivity index is 1.07. The van der Waals surface area contributed by atoms with E-state index in [0.717, 1.165) is 16.9 Å². The third-order valence-corrected chi connectivity index (χ3v) is 13.8. The molecule has 293 valence electrons. The highest BCUT2D eigenvalue weighted by molar-refractivity contribution is 6.73. The topological polar surface area (TPSA) is 15.3 Å². The molecule has 1 N–H and O–H groups in total. The van der Waals surface area contributed by atoms with Gasteiger partial charge in [-0.25, -0.2) is 0 Å². The number of rotatable bonds is 5. The molecule has 1 spiro atoms. The molecule has 0 saturated heterocycles. The lowest BCUT2D eigenvalue weighted by atomic mass is 9.54. The fraction of sp³-hybridized carbons (Fsp3) is 0.0333. The molecule has 3 aliphatic rings. The fourth-order valence-electron chi connectivity index (χ4n) is 11.1. The summed E-state index contributed by atoms with van der Waals surface area (Å²) in [5.74, 6) is 0. The first-order valence-electron chi connectivity index (χ1n) is 21.9. The van der Waals surface area contributed by atoms with Gasteiger partial charge in [-0.2, -0.15) is 0 Å². The molecule has 0 amide bonds. The molecule has 0 saturated carbocycles. The van der Waals surface area contributed by atoms with Crippen molar-refractivity contribution in [2.45, 2.75) is 12.3 Å². The molecule has 63 heavy (non-hydrogen) atoms. The van der Waals surface area contributed by atoms with Crippen molar-refractivity contribution in [3.63, 3.8) is 0 Å². The SMILES string of the molecule is Cc1ccccc1-c1cc(-c2cc3ccccc3cc2Nc2ccc(-c3ccccc3)cc2)c2c(c1)N1c3ccccc3C3(c4ccccc4-c4ccccc43)c3cccc(c31)[B]2. The summed E-state index contributed by atoms with van der Waals surface area (Å²) in [6, 6.07) is 80.8. The monoisotopic (exact) mass is 799 g/mol. The maximum Gasteiger partial charge on any atom is 0.197 e. The van der Waals surface area contributed by atoms with Gasteiger partial charge in [0.05, 0.1) is 11.1 Å². The van der Waals surface area contributed by atoms with Crippen LogP contribution in [-0.2, 0) is 5.41 Å². The van der Waals surface area contributed by atoms with Gasteiger partial charge >= 0.3 is 0 Å². The summed E-state index contributed by atoms with van der Waals surface area (Å²) in [4.78, 5) is 2.59. The number of benzene rings is 10. The highest BCUT2D eigenvalue weighted by Crippen LogP contribution is 2.63. The predicted molar refractivity (Wildman–Crippen MR) is 265 cm³/mol. The van der Waals surface area contributed by atoms with Gasteiger partial charge in [-0.1, -0.05) is 181 Å². The van der Waals surface area contributed by atoms with E-state index in [2.05, 4.69) is 243 Å². The van der Waals surface area contributed by atoms with Gasteiger partial charge in [0.25, 0.3) is 0 Å². The van der Waals surface area contributed by atoms with E-state index in [4.69, 9.17) is 0 Å². The average Bonchev–Trinajstić information content (AvgIpc) is 3.63. The number of nitrogens with zero attached hydrogens (tertiary/aromatic N) is 1. The standard InChI is InChI=1S/C60H40BN2/c1-38-16-5-8-21-45(38)43-35-49(48-34-41-19-6-7-20-42(41)36-55(48)62-44-32-30-40(31-33-44)39-17-3-2-4-18-39)58-57(37-43)63-56-29-14-13-26-52(56)60(53-27-15-28-54(61-58)59(53)63)50-24-11-9-22-46(50)47-23-10-12-25-51(47)60/h2-37,62H,1H3. The van der Waals surface area contributed by atoms with E-state index in [-0.39, 0.29) is 0 Å². The summed E-state index contributed by atoms with van der Waals surface area (Å²) >= 11 is 0. The molecule has 10 aromatic rings. The first kappa shape index (κ1) is 35.8. The molecule has 1 aliphatic carbocycles. The molecule has 13 rings (SSSR count). The van der Waals surface area contributed by atoms with Crippen molar-refractivity contribution in [2.24, 2.45) is 0 Å². The number of aryl methyl sites for hydroxylation is 1. The molecular formula is C60H40BN2. The van der Waals surface area contributed by atoms with E-state index < -0.39 is 5.41 Å². The Labute approximate surface area is 369 Å². The van der Waals surface area contributed by atoms with Crippen LogP contribution in [0.1, 0.15) is 27.8 Å².